The minimum Gasteiger partial charge on any atom is -0.319 e. The molecule has 0 spiro atoms. The molecule has 0 unspecified atom stereocenters. The molecule has 2 aromatic rings. The van der Waals surface area contributed by atoms with Crippen molar-refractivity contribution in [3.63, 3.8) is 0 Å². The molecule has 4 nitrogen and oxygen atoms in total. The maximum absolute atomic E-state index is 10.9. The standard InChI is InChI=1S/C8H7N3O/c1-5-8-6(2-3-9-5)11-7(12)4-10-8/h2-4H,1H3,(H,11,12). The number of aromatic nitrogens is 3. The molecular formula is C8H7N3O. The van der Waals surface area contributed by atoms with Crippen molar-refractivity contribution >= 4 is 11.0 Å². The molecule has 0 aliphatic heterocycles. The number of hydrogen-bond donors (Lipinski definition) is 1. The highest BCUT2D eigenvalue weighted by Crippen LogP contribution is 2.07. The second-order valence-electron chi connectivity index (χ2n) is 2.54. The van der Waals surface area contributed by atoms with E-state index in [0.29, 0.717) is 0 Å². The van der Waals surface area contributed by atoms with E-state index in [9.17, 15) is 4.79 Å². The molecule has 0 saturated heterocycles. The van der Waals surface area contributed by atoms with Crippen molar-refractivity contribution in [2.45, 2.75) is 6.92 Å². The highest BCUT2D eigenvalue weighted by molar-refractivity contribution is 5.75. The number of aryl methyl sites for hydroxylation is 1. The van der Waals surface area contributed by atoms with Crippen LogP contribution in [0.2, 0.25) is 0 Å². The van der Waals surface area contributed by atoms with E-state index >= 15 is 0 Å². The van der Waals surface area contributed by atoms with Crippen molar-refractivity contribution in [2.75, 3.05) is 0 Å². The lowest BCUT2D eigenvalue weighted by Gasteiger charge is -1.97. The first-order chi connectivity index (χ1) is 5.77. The molecule has 2 aromatic heterocycles. The quantitative estimate of drug-likeness (QED) is 0.616. The predicted molar refractivity (Wildman–Crippen MR) is 44.9 cm³/mol. The van der Waals surface area contributed by atoms with Crippen LogP contribution >= 0.6 is 0 Å². The normalized spacial score (nSPS) is 10.4. The van der Waals surface area contributed by atoms with Crippen LogP contribution in [0.1, 0.15) is 5.69 Å². The summed E-state index contributed by atoms with van der Waals surface area (Å²) in [4.78, 5) is 21.6. The molecule has 60 valence electrons. The van der Waals surface area contributed by atoms with Gasteiger partial charge in [0, 0.05) is 6.20 Å². The van der Waals surface area contributed by atoms with Gasteiger partial charge < -0.3 is 4.98 Å². The van der Waals surface area contributed by atoms with Gasteiger partial charge in [-0.2, -0.15) is 0 Å². The fourth-order valence-electron chi connectivity index (χ4n) is 1.11. The number of pyridine rings is 1. The summed E-state index contributed by atoms with van der Waals surface area (Å²) in [5.41, 5.74) is 2.11. The SMILES string of the molecule is Cc1nccc2[nH]c(=O)cnc12. The summed E-state index contributed by atoms with van der Waals surface area (Å²) in [7, 11) is 0. The lowest BCUT2D eigenvalue weighted by molar-refractivity contribution is 1.15. The molecule has 0 aliphatic carbocycles. The number of rotatable bonds is 0. The van der Waals surface area contributed by atoms with E-state index in [1.165, 1.54) is 6.20 Å². The van der Waals surface area contributed by atoms with E-state index in [-0.39, 0.29) is 5.56 Å². The Balaban J connectivity index is 2.96. The zero-order valence-electron chi connectivity index (χ0n) is 6.53. The average molecular weight is 161 g/mol. The van der Waals surface area contributed by atoms with E-state index in [4.69, 9.17) is 0 Å². The van der Waals surface area contributed by atoms with Gasteiger partial charge in [-0.05, 0) is 13.0 Å². The largest absolute Gasteiger partial charge is 0.319 e. The molecule has 0 aliphatic rings. The van der Waals surface area contributed by atoms with E-state index in [2.05, 4.69) is 15.0 Å². The molecule has 0 radical (unpaired) electrons. The number of nitrogens with zero attached hydrogens (tertiary/aromatic N) is 2. The molecule has 0 amide bonds. The molecule has 0 aromatic carbocycles. The first-order valence-corrected chi connectivity index (χ1v) is 3.58. The molecule has 4 heteroatoms. The van der Waals surface area contributed by atoms with Gasteiger partial charge in [0.1, 0.15) is 5.52 Å². The summed E-state index contributed by atoms with van der Waals surface area (Å²) in [6.07, 6.45) is 2.91. The smallest absolute Gasteiger partial charge is 0.266 e. The number of H-pyrrole nitrogens is 1. The summed E-state index contributed by atoms with van der Waals surface area (Å²) < 4.78 is 0. The average Bonchev–Trinajstić information content (AvgIpc) is 2.04. The molecule has 12 heavy (non-hydrogen) atoms. The lowest BCUT2D eigenvalue weighted by atomic mass is 10.3. The molecular weight excluding hydrogens is 154 g/mol. The maximum Gasteiger partial charge on any atom is 0.266 e. The lowest BCUT2D eigenvalue weighted by Crippen LogP contribution is -2.05. The third-order valence-electron chi connectivity index (χ3n) is 1.68. The van der Waals surface area contributed by atoms with Gasteiger partial charge in [0.25, 0.3) is 5.56 Å². The van der Waals surface area contributed by atoms with E-state index in [1.807, 2.05) is 6.92 Å². The van der Waals surface area contributed by atoms with Crippen LogP contribution in [-0.2, 0) is 0 Å². The highest BCUT2D eigenvalue weighted by atomic mass is 16.1. The van der Waals surface area contributed by atoms with Crippen LogP contribution in [0.4, 0.5) is 0 Å². The van der Waals surface area contributed by atoms with Crippen molar-refractivity contribution in [2.24, 2.45) is 0 Å². The van der Waals surface area contributed by atoms with E-state index in [1.54, 1.807) is 12.3 Å². The highest BCUT2D eigenvalue weighted by Gasteiger charge is 1.97. The molecule has 0 saturated carbocycles. The Morgan fingerprint density at radius 2 is 2.25 bits per heavy atom. The van der Waals surface area contributed by atoms with Gasteiger partial charge in [0.15, 0.2) is 0 Å². The van der Waals surface area contributed by atoms with Crippen LogP contribution in [0.15, 0.2) is 23.3 Å². The van der Waals surface area contributed by atoms with Gasteiger partial charge >= 0.3 is 0 Å². The molecule has 2 heterocycles. The Kier molecular flexibility index (Phi) is 1.40. The maximum atomic E-state index is 10.9. The van der Waals surface area contributed by atoms with Gasteiger partial charge in [-0.1, -0.05) is 0 Å². The molecule has 0 bridgehead atoms. The summed E-state index contributed by atoms with van der Waals surface area (Å²) in [6.45, 7) is 1.85. The zero-order valence-corrected chi connectivity index (χ0v) is 6.53. The Hall–Kier alpha value is -1.71. The Morgan fingerprint density at radius 3 is 3.08 bits per heavy atom. The zero-order chi connectivity index (χ0) is 8.55. The first kappa shape index (κ1) is 6.97. The van der Waals surface area contributed by atoms with Gasteiger partial charge in [-0.25, -0.2) is 4.98 Å². The number of nitrogens with one attached hydrogen (secondary N) is 1. The van der Waals surface area contributed by atoms with Crippen LogP contribution in [0, 0.1) is 6.92 Å². The minimum atomic E-state index is -0.187. The molecule has 0 fully saturated rings. The number of fused-ring (bicyclic) bond motifs is 1. The van der Waals surface area contributed by atoms with Crippen LogP contribution < -0.4 is 5.56 Å². The van der Waals surface area contributed by atoms with Crippen molar-refractivity contribution in [3.8, 4) is 0 Å². The second-order valence-corrected chi connectivity index (χ2v) is 2.54. The Labute approximate surface area is 68.3 Å². The summed E-state index contributed by atoms with van der Waals surface area (Å²) in [6, 6.07) is 1.73. The number of aromatic amines is 1. The van der Waals surface area contributed by atoms with Crippen LogP contribution in [0.3, 0.4) is 0 Å². The third-order valence-corrected chi connectivity index (χ3v) is 1.68. The molecule has 1 N–H and O–H groups in total. The van der Waals surface area contributed by atoms with Crippen molar-refractivity contribution < 1.29 is 0 Å². The third kappa shape index (κ3) is 0.972. The fraction of sp³-hybridized carbons (Fsp3) is 0.125. The van der Waals surface area contributed by atoms with E-state index in [0.717, 1.165) is 16.7 Å². The van der Waals surface area contributed by atoms with E-state index < -0.39 is 0 Å². The fourth-order valence-corrected chi connectivity index (χ4v) is 1.11. The van der Waals surface area contributed by atoms with Gasteiger partial charge in [0.05, 0.1) is 17.4 Å². The van der Waals surface area contributed by atoms with Gasteiger partial charge in [-0.15, -0.1) is 0 Å². The molecule has 0 atom stereocenters. The summed E-state index contributed by atoms with van der Waals surface area (Å²) in [5, 5.41) is 0. The van der Waals surface area contributed by atoms with Gasteiger partial charge in [-0.3, -0.25) is 9.78 Å². The van der Waals surface area contributed by atoms with Crippen molar-refractivity contribution in [1.82, 2.24) is 15.0 Å². The monoisotopic (exact) mass is 161 g/mol. The van der Waals surface area contributed by atoms with Crippen LogP contribution in [0.25, 0.3) is 11.0 Å². The van der Waals surface area contributed by atoms with Crippen LogP contribution in [-0.4, -0.2) is 15.0 Å². The minimum absolute atomic E-state index is 0.187. The number of hydrogen-bond acceptors (Lipinski definition) is 3. The Morgan fingerprint density at radius 1 is 1.42 bits per heavy atom. The molecule has 2 rings (SSSR count). The van der Waals surface area contributed by atoms with Crippen LogP contribution in [0.5, 0.6) is 0 Å². The van der Waals surface area contributed by atoms with Crippen molar-refractivity contribution in [1.29, 1.82) is 0 Å². The van der Waals surface area contributed by atoms with Crippen molar-refractivity contribution in [3.05, 3.63) is 34.5 Å². The first-order valence-electron chi connectivity index (χ1n) is 3.58. The summed E-state index contributed by atoms with van der Waals surface area (Å²) in [5.74, 6) is 0. The Bertz CT molecular complexity index is 475. The summed E-state index contributed by atoms with van der Waals surface area (Å²) >= 11 is 0. The predicted octanol–water partition coefficient (Wildman–Crippen LogP) is 0.627. The topological polar surface area (TPSA) is 58.6 Å². The van der Waals surface area contributed by atoms with Gasteiger partial charge in [0.2, 0.25) is 0 Å². The second kappa shape index (κ2) is 2.41.